The van der Waals surface area contributed by atoms with Crippen molar-refractivity contribution in [2.24, 2.45) is 11.8 Å². The lowest BCUT2D eigenvalue weighted by Crippen LogP contribution is -2.46. The standard InChI is InChI=1S/C15H27NO2/c1-15(2,3)18-11-14(17)16-9-8-12-6-4-5-7-13(12)10-16/h12-13H,4-11H2,1-3H3. The molecule has 2 atom stereocenters. The molecule has 0 aromatic rings. The van der Waals surface area contributed by atoms with Crippen molar-refractivity contribution in [2.75, 3.05) is 19.7 Å². The van der Waals surface area contributed by atoms with Gasteiger partial charge in [0.05, 0.1) is 5.60 Å². The topological polar surface area (TPSA) is 29.5 Å². The van der Waals surface area contributed by atoms with Gasteiger partial charge in [0.15, 0.2) is 0 Å². The maximum absolute atomic E-state index is 12.1. The number of nitrogens with zero attached hydrogens (tertiary/aromatic N) is 1. The van der Waals surface area contributed by atoms with E-state index >= 15 is 0 Å². The van der Waals surface area contributed by atoms with Gasteiger partial charge < -0.3 is 9.64 Å². The van der Waals surface area contributed by atoms with Crippen LogP contribution in [0.15, 0.2) is 0 Å². The van der Waals surface area contributed by atoms with E-state index in [0.29, 0.717) is 0 Å². The Balaban J connectivity index is 1.81. The summed E-state index contributed by atoms with van der Waals surface area (Å²) in [4.78, 5) is 14.1. The number of amides is 1. The van der Waals surface area contributed by atoms with Crippen molar-refractivity contribution >= 4 is 5.91 Å². The summed E-state index contributed by atoms with van der Waals surface area (Å²) in [6, 6.07) is 0. The van der Waals surface area contributed by atoms with Gasteiger partial charge in [-0.2, -0.15) is 0 Å². The van der Waals surface area contributed by atoms with Crippen molar-refractivity contribution in [3.63, 3.8) is 0 Å². The quantitative estimate of drug-likeness (QED) is 0.757. The second kappa shape index (κ2) is 5.60. The van der Waals surface area contributed by atoms with Crippen LogP contribution in [-0.4, -0.2) is 36.1 Å². The predicted octanol–water partition coefficient (Wildman–Crippen LogP) is 2.84. The van der Waals surface area contributed by atoms with E-state index < -0.39 is 0 Å². The molecule has 1 heterocycles. The zero-order valence-corrected chi connectivity index (χ0v) is 12.1. The van der Waals surface area contributed by atoms with Crippen LogP contribution in [0.2, 0.25) is 0 Å². The minimum absolute atomic E-state index is 0.175. The van der Waals surface area contributed by atoms with Crippen LogP contribution >= 0.6 is 0 Å². The van der Waals surface area contributed by atoms with Gasteiger partial charge in [0.2, 0.25) is 5.91 Å². The highest BCUT2D eigenvalue weighted by Gasteiger charge is 2.33. The van der Waals surface area contributed by atoms with Crippen molar-refractivity contribution in [1.82, 2.24) is 4.90 Å². The summed E-state index contributed by atoms with van der Waals surface area (Å²) in [6.45, 7) is 8.13. The highest BCUT2D eigenvalue weighted by atomic mass is 16.5. The maximum Gasteiger partial charge on any atom is 0.248 e. The van der Waals surface area contributed by atoms with E-state index in [1.807, 2.05) is 25.7 Å². The molecule has 0 radical (unpaired) electrons. The third-order valence-corrected chi connectivity index (χ3v) is 4.27. The fourth-order valence-corrected chi connectivity index (χ4v) is 3.20. The fourth-order valence-electron chi connectivity index (χ4n) is 3.20. The van der Waals surface area contributed by atoms with Gasteiger partial charge in [0.25, 0.3) is 0 Å². The molecular formula is C15H27NO2. The number of piperidine rings is 1. The Kier molecular flexibility index (Phi) is 4.31. The summed E-state index contributed by atoms with van der Waals surface area (Å²) >= 11 is 0. The zero-order chi connectivity index (χ0) is 13.2. The number of ether oxygens (including phenoxy) is 1. The van der Waals surface area contributed by atoms with Gasteiger partial charge in [-0.15, -0.1) is 0 Å². The fraction of sp³-hybridized carbons (Fsp3) is 0.933. The monoisotopic (exact) mass is 253 g/mol. The number of carbonyl (C=O) groups excluding carboxylic acids is 1. The van der Waals surface area contributed by atoms with Crippen LogP contribution in [0.5, 0.6) is 0 Å². The van der Waals surface area contributed by atoms with Crippen molar-refractivity contribution in [2.45, 2.75) is 58.5 Å². The van der Waals surface area contributed by atoms with Gasteiger partial charge in [-0.05, 0) is 45.4 Å². The van der Waals surface area contributed by atoms with E-state index in [0.717, 1.165) is 24.9 Å². The first-order valence-corrected chi connectivity index (χ1v) is 7.37. The number of hydrogen-bond donors (Lipinski definition) is 0. The zero-order valence-electron chi connectivity index (χ0n) is 12.1. The van der Waals surface area contributed by atoms with Crippen LogP contribution in [0.4, 0.5) is 0 Å². The maximum atomic E-state index is 12.1. The van der Waals surface area contributed by atoms with Crippen molar-refractivity contribution < 1.29 is 9.53 Å². The summed E-state index contributed by atoms with van der Waals surface area (Å²) in [7, 11) is 0. The first-order chi connectivity index (χ1) is 8.46. The highest BCUT2D eigenvalue weighted by molar-refractivity contribution is 5.77. The minimum Gasteiger partial charge on any atom is -0.366 e. The Hall–Kier alpha value is -0.570. The van der Waals surface area contributed by atoms with Gasteiger partial charge in [0.1, 0.15) is 6.61 Å². The summed E-state index contributed by atoms with van der Waals surface area (Å²) in [6.07, 6.45) is 6.63. The van der Waals surface area contributed by atoms with Crippen LogP contribution in [0.3, 0.4) is 0 Å². The highest BCUT2D eigenvalue weighted by Crippen LogP contribution is 2.36. The molecule has 2 fully saturated rings. The normalized spacial score (nSPS) is 28.9. The molecule has 2 rings (SSSR count). The summed E-state index contributed by atoms with van der Waals surface area (Å²) in [5.74, 6) is 1.81. The molecule has 1 amide bonds. The van der Waals surface area contributed by atoms with Gasteiger partial charge >= 0.3 is 0 Å². The molecule has 3 nitrogen and oxygen atoms in total. The number of likely N-dealkylation sites (tertiary alicyclic amines) is 1. The summed E-state index contributed by atoms with van der Waals surface area (Å²) in [5, 5.41) is 0. The lowest BCUT2D eigenvalue weighted by Gasteiger charge is -2.41. The van der Waals surface area contributed by atoms with Crippen LogP contribution in [0, 0.1) is 11.8 Å². The van der Waals surface area contributed by atoms with Gasteiger partial charge in [-0.25, -0.2) is 0 Å². The van der Waals surface area contributed by atoms with Crippen LogP contribution < -0.4 is 0 Å². The molecule has 18 heavy (non-hydrogen) atoms. The molecule has 2 aliphatic rings. The Morgan fingerprint density at radius 3 is 2.50 bits per heavy atom. The molecule has 1 aliphatic carbocycles. The minimum atomic E-state index is -0.223. The Morgan fingerprint density at radius 1 is 1.17 bits per heavy atom. The average molecular weight is 253 g/mol. The first-order valence-electron chi connectivity index (χ1n) is 7.37. The molecule has 0 N–H and O–H groups in total. The molecule has 0 spiro atoms. The Labute approximate surface area is 111 Å². The van der Waals surface area contributed by atoms with Crippen LogP contribution in [0.25, 0.3) is 0 Å². The third-order valence-electron chi connectivity index (χ3n) is 4.27. The molecule has 2 unspecified atom stereocenters. The smallest absolute Gasteiger partial charge is 0.248 e. The van der Waals surface area contributed by atoms with Gasteiger partial charge in [0, 0.05) is 13.1 Å². The number of rotatable bonds is 2. The third kappa shape index (κ3) is 3.71. The first kappa shape index (κ1) is 13.9. The van der Waals surface area contributed by atoms with Crippen LogP contribution in [-0.2, 0) is 9.53 Å². The molecule has 3 heteroatoms. The second-order valence-electron chi connectivity index (χ2n) is 6.83. The van der Waals surface area contributed by atoms with Crippen molar-refractivity contribution in [1.29, 1.82) is 0 Å². The van der Waals surface area contributed by atoms with E-state index in [1.165, 1.54) is 32.1 Å². The van der Waals surface area contributed by atoms with E-state index in [-0.39, 0.29) is 18.1 Å². The second-order valence-corrected chi connectivity index (χ2v) is 6.83. The molecule has 1 saturated carbocycles. The number of carbonyl (C=O) groups is 1. The van der Waals surface area contributed by atoms with E-state index in [9.17, 15) is 4.79 Å². The predicted molar refractivity (Wildman–Crippen MR) is 72.4 cm³/mol. The average Bonchev–Trinajstić information content (AvgIpc) is 2.34. The molecule has 1 saturated heterocycles. The lowest BCUT2D eigenvalue weighted by molar-refractivity contribution is -0.144. The number of fused-ring (bicyclic) bond motifs is 1. The van der Waals surface area contributed by atoms with Gasteiger partial charge in [-0.1, -0.05) is 19.3 Å². The molecule has 1 aliphatic heterocycles. The SMILES string of the molecule is CC(C)(C)OCC(=O)N1CCC2CCCCC2C1. The largest absolute Gasteiger partial charge is 0.366 e. The summed E-state index contributed by atoms with van der Waals surface area (Å²) < 4.78 is 5.59. The lowest BCUT2D eigenvalue weighted by atomic mass is 9.75. The molecule has 104 valence electrons. The molecule has 0 aromatic heterocycles. The van der Waals surface area contributed by atoms with Gasteiger partial charge in [-0.3, -0.25) is 4.79 Å². The van der Waals surface area contributed by atoms with Crippen molar-refractivity contribution in [3.05, 3.63) is 0 Å². The van der Waals surface area contributed by atoms with E-state index in [4.69, 9.17) is 4.74 Å². The molecular weight excluding hydrogens is 226 g/mol. The molecule has 0 bridgehead atoms. The molecule has 0 aromatic carbocycles. The van der Waals surface area contributed by atoms with Crippen LogP contribution in [0.1, 0.15) is 52.9 Å². The number of hydrogen-bond acceptors (Lipinski definition) is 2. The van der Waals surface area contributed by atoms with E-state index in [2.05, 4.69) is 0 Å². The summed E-state index contributed by atoms with van der Waals surface area (Å²) in [5.41, 5.74) is -0.223. The Morgan fingerprint density at radius 2 is 1.83 bits per heavy atom. The van der Waals surface area contributed by atoms with E-state index in [1.54, 1.807) is 0 Å². The Bertz CT molecular complexity index is 295. The van der Waals surface area contributed by atoms with Crippen molar-refractivity contribution in [3.8, 4) is 0 Å².